The quantitative estimate of drug-likeness (QED) is 0.352. The summed E-state index contributed by atoms with van der Waals surface area (Å²) in [6.07, 6.45) is 7.02. The van der Waals surface area contributed by atoms with Gasteiger partial charge in [-0.15, -0.1) is 0 Å². The number of hydrogen-bond donors (Lipinski definition) is 1. The zero-order valence-electron chi connectivity index (χ0n) is 9.00. The molecule has 0 atom stereocenters. The summed E-state index contributed by atoms with van der Waals surface area (Å²) in [5.41, 5.74) is 0. The molecule has 0 saturated heterocycles. The largest absolute Gasteiger partial charge is 0.772 e. The van der Waals surface area contributed by atoms with Crippen LogP contribution in [-0.4, -0.2) is 17.5 Å². The summed E-state index contributed by atoms with van der Waals surface area (Å²) in [4.78, 5) is 10.6. The summed E-state index contributed by atoms with van der Waals surface area (Å²) in [6.45, 7) is 2.05. The molecule has 0 aliphatic rings. The first-order chi connectivity index (χ1) is 6.63. The third-order valence-electron chi connectivity index (χ3n) is 2.16. The SMILES string of the molecule is CC(=O)CCCCCCCCN(N)[O-]. The molecule has 4 nitrogen and oxygen atoms in total. The van der Waals surface area contributed by atoms with Gasteiger partial charge in [0.2, 0.25) is 0 Å². The van der Waals surface area contributed by atoms with Crippen LogP contribution in [0.3, 0.4) is 0 Å². The van der Waals surface area contributed by atoms with Crippen LogP contribution in [0.2, 0.25) is 0 Å². The Kier molecular flexibility index (Phi) is 8.83. The predicted octanol–water partition coefficient (Wildman–Crippen LogP) is 1.98. The normalized spacial score (nSPS) is 10.9. The van der Waals surface area contributed by atoms with Gasteiger partial charge in [-0.2, -0.15) is 0 Å². The molecular weight excluding hydrogens is 180 g/mol. The van der Waals surface area contributed by atoms with E-state index >= 15 is 0 Å². The van der Waals surface area contributed by atoms with Crippen LogP contribution in [0.15, 0.2) is 0 Å². The van der Waals surface area contributed by atoms with E-state index in [-0.39, 0.29) is 5.78 Å². The van der Waals surface area contributed by atoms with Crippen LogP contribution in [0.4, 0.5) is 0 Å². The Labute approximate surface area is 86.0 Å². The highest BCUT2D eigenvalue weighted by molar-refractivity contribution is 5.75. The van der Waals surface area contributed by atoms with Crippen LogP contribution in [0.25, 0.3) is 0 Å². The fourth-order valence-corrected chi connectivity index (χ4v) is 1.35. The van der Waals surface area contributed by atoms with Gasteiger partial charge in [0.05, 0.1) is 0 Å². The number of hydroxylamine groups is 1. The van der Waals surface area contributed by atoms with Gasteiger partial charge >= 0.3 is 0 Å². The number of carbonyl (C=O) groups is 1. The Morgan fingerprint density at radius 2 is 1.64 bits per heavy atom. The first-order valence-corrected chi connectivity index (χ1v) is 5.31. The molecule has 0 saturated carbocycles. The lowest BCUT2D eigenvalue weighted by molar-refractivity contribution is -0.117. The summed E-state index contributed by atoms with van der Waals surface area (Å²) >= 11 is 0. The van der Waals surface area contributed by atoms with Gasteiger partial charge in [-0.3, -0.25) is 5.84 Å². The van der Waals surface area contributed by atoms with E-state index in [1.165, 1.54) is 0 Å². The van der Waals surface area contributed by atoms with Crippen molar-refractivity contribution in [3.63, 3.8) is 0 Å². The Morgan fingerprint density at radius 1 is 1.14 bits per heavy atom. The number of ketones is 1. The molecule has 0 aliphatic carbocycles. The van der Waals surface area contributed by atoms with Gasteiger partial charge in [0, 0.05) is 6.42 Å². The maximum atomic E-state index is 10.6. The summed E-state index contributed by atoms with van der Waals surface area (Å²) in [5.74, 6) is 5.20. The van der Waals surface area contributed by atoms with Crippen LogP contribution in [0.1, 0.15) is 51.9 Å². The summed E-state index contributed by atoms with van der Waals surface area (Å²) in [7, 11) is 0. The molecule has 2 N–H and O–H groups in total. The standard InChI is InChI=1S/C10H21N2O2/c1-10(13)8-6-4-2-3-5-7-9-12(11)14/h2-9,11H2,1H3/q-1. The highest BCUT2D eigenvalue weighted by Gasteiger charge is 1.94. The molecule has 0 unspecified atom stereocenters. The lowest BCUT2D eigenvalue weighted by Crippen LogP contribution is -2.24. The van der Waals surface area contributed by atoms with Crippen molar-refractivity contribution in [2.75, 3.05) is 6.54 Å². The van der Waals surface area contributed by atoms with Gasteiger partial charge in [-0.05, 0) is 26.3 Å². The number of unbranched alkanes of at least 4 members (excludes halogenated alkanes) is 5. The number of Topliss-reactive ketones (excluding diaryl/α,β-unsaturated/α-hetero) is 1. The Balaban J connectivity index is 2.96. The van der Waals surface area contributed by atoms with E-state index in [4.69, 9.17) is 5.84 Å². The number of hydrazine groups is 1. The molecule has 0 heterocycles. The highest BCUT2D eigenvalue weighted by Crippen LogP contribution is 2.07. The maximum absolute atomic E-state index is 10.6. The van der Waals surface area contributed by atoms with Crippen molar-refractivity contribution in [1.82, 2.24) is 5.17 Å². The monoisotopic (exact) mass is 201 g/mol. The molecule has 0 aliphatic heterocycles. The Hall–Kier alpha value is -0.450. The van der Waals surface area contributed by atoms with Gasteiger partial charge in [0.1, 0.15) is 5.78 Å². The molecule has 0 aromatic rings. The molecule has 0 aromatic carbocycles. The van der Waals surface area contributed by atoms with E-state index in [0.29, 0.717) is 18.1 Å². The van der Waals surface area contributed by atoms with Crippen LogP contribution in [0, 0.1) is 5.21 Å². The average Bonchev–Trinajstić information content (AvgIpc) is 2.08. The smallest absolute Gasteiger partial charge is 0.129 e. The number of carbonyl (C=O) groups excluding carboxylic acids is 1. The topological polar surface area (TPSA) is 69.4 Å². The minimum Gasteiger partial charge on any atom is -0.772 e. The molecule has 0 rings (SSSR count). The molecule has 0 fully saturated rings. The van der Waals surface area contributed by atoms with E-state index in [1.807, 2.05) is 0 Å². The van der Waals surface area contributed by atoms with Crippen molar-refractivity contribution in [3.8, 4) is 0 Å². The second-order valence-corrected chi connectivity index (χ2v) is 3.71. The first kappa shape index (κ1) is 13.5. The van der Waals surface area contributed by atoms with E-state index < -0.39 is 0 Å². The molecular formula is C10H21N2O2-. The second-order valence-electron chi connectivity index (χ2n) is 3.71. The first-order valence-electron chi connectivity index (χ1n) is 5.31. The fraction of sp³-hybridized carbons (Fsp3) is 0.900. The van der Waals surface area contributed by atoms with E-state index in [0.717, 1.165) is 38.5 Å². The lowest BCUT2D eigenvalue weighted by atomic mass is 10.1. The van der Waals surface area contributed by atoms with E-state index in [9.17, 15) is 10.0 Å². The number of nitrogens with two attached hydrogens (primary N) is 1. The van der Waals surface area contributed by atoms with Gasteiger partial charge in [0.15, 0.2) is 0 Å². The van der Waals surface area contributed by atoms with Crippen molar-refractivity contribution >= 4 is 5.78 Å². The molecule has 0 amide bonds. The van der Waals surface area contributed by atoms with Gasteiger partial charge in [-0.1, -0.05) is 25.7 Å². The summed E-state index contributed by atoms with van der Waals surface area (Å²) < 4.78 is 0. The van der Waals surface area contributed by atoms with E-state index in [1.54, 1.807) is 6.92 Å². The Morgan fingerprint density at radius 3 is 2.14 bits per heavy atom. The highest BCUT2D eigenvalue weighted by atomic mass is 16.5. The number of nitrogens with zero attached hydrogens (tertiary/aromatic N) is 1. The average molecular weight is 201 g/mol. The van der Waals surface area contributed by atoms with Crippen LogP contribution in [-0.2, 0) is 4.79 Å². The fourth-order valence-electron chi connectivity index (χ4n) is 1.35. The molecule has 0 aromatic heterocycles. The molecule has 4 heteroatoms. The summed E-state index contributed by atoms with van der Waals surface area (Å²) in [6, 6.07) is 0. The van der Waals surface area contributed by atoms with Gasteiger partial charge in [-0.25, -0.2) is 0 Å². The van der Waals surface area contributed by atoms with Crippen molar-refractivity contribution < 1.29 is 4.79 Å². The zero-order chi connectivity index (χ0) is 10.8. The predicted molar refractivity (Wildman–Crippen MR) is 57.3 cm³/mol. The van der Waals surface area contributed by atoms with Crippen LogP contribution in [0.5, 0.6) is 0 Å². The Bertz CT molecular complexity index is 149. The van der Waals surface area contributed by atoms with Crippen LogP contribution >= 0.6 is 0 Å². The third kappa shape index (κ3) is 11.6. The third-order valence-corrected chi connectivity index (χ3v) is 2.16. The van der Waals surface area contributed by atoms with Crippen molar-refractivity contribution in [1.29, 1.82) is 0 Å². The van der Waals surface area contributed by atoms with Crippen LogP contribution < -0.4 is 5.84 Å². The van der Waals surface area contributed by atoms with Crippen molar-refractivity contribution in [2.24, 2.45) is 5.84 Å². The molecule has 14 heavy (non-hydrogen) atoms. The minimum absolute atomic E-state index is 0.273. The second kappa shape index (κ2) is 9.12. The van der Waals surface area contributed by atoms with E-state index in [2.05, 4.69) is 0 Å². The molecule has 84 valence electrons. The maximum Gasteiger partial charge on any atom is 0.129 e. The zero-order valence-corrected chi connectivity index (χ0v) is 9.00. The molecule has 0 bridgehead atoms. The van der Waals surface area contributed by atoms with Crippen molar-refractivity contribution in [3.05, 3.63) is 5.21 Å². The number of rotatable bonds is 9. The minimum atomic E-state index is 0.273. The lowest BCUT2D eigenvalue weighted by Gasteiger charge is -2.20. The molecule has 0 radical (unpaired) electrons. The summed E-state index contributed by atoms with van der Waals surface area (Å²) in [5, 5.41) is 10.8. The van der Waals surface area contributed by atoms with Gasteiger partial charge < -0.3 is 15.2 Å². The van der Waals surface area contributed by atoms with Gasteiger partial charge in [0.25, 0.3) is 0 Å². The number of hydrogen-bond acceptors (Lipinski definition) is 4. The van der Waals surface area contributed by atoms with Crippen molar-refractivity contribution in [2.45, 2.75) is 51.9 Å². The molecule has 0 spiro atoms.